The van der Waals surface area contributed by atoms with E-state index in [9.17, 15) is 13.2 Å². The van der Waals surface area contributed by atoms with Gasteiger partial charge in [-0.3, -0.25) is 4.79 Å². The van der Waals surface area contributed by atoms with E-state index in [0.717, 1.165) is 5.69 Å². The molecule has 8 nitrogen and oxygen atoms in total. The molecule has 0 atom stereocenters. The smallest absolute Gasteiger partial charge is 0.243 e. The highest BCUT2D eigenvalue weighted by atomic mass is 32.2. The first kappa shape index (κ1) is 20.9. The van der Waals surface area contributed by atoms with Crippen LogP contribution in [0, 0.1) is 0 Å². The Bertz CT molecular complexity index is 968. The highest BCUT2D eigenvalue weighted by Gasteiger charge is 2.29. The molecule has 0 bridgehead atoms. The molecule has 3 rings (SSSR count). The third-order valence-corrected chi connectivity index (χ3v) is 6.69. The molecule has 156 valence electrons. The SMILES string of the molecule is COc1ccc(N2CCN(S(=O)(=O)c3ccc(NC(C)=O)cc3)CC2)c(OC)c1. The predicted molar refractivity (Wildman–Crippen MR) is 111 cm³/mol. The van der Waals surface area contributed by atoms with Gasteiger partial charge in [0, 0.05) is 44.9 Å². The van der Waals surface area contributed by atoms with E-state index in [4.69, 9.17) is 9.47 Å². The number of methoxy groups -OCH3 is 2. The monoisotopic (exact) mass is 419 g/mol. The Morgan fingerprint density at radius 1 is 0.966 bits per heavy atom. The average molecular weight is 420 g/mol. The molecule has 29 heavy (non-hydrogen) atoms. The average Bonchev–Trinajstić information content (AvgIpc) is 2.73. The van der Waals surface area contributed by atoms with Gasteiger partial charge in [-0.25, -0.2) is 8.42 Å². The topological polar surface area (TPSA) is 88.2 Å². The van der Waals surface area contributed by atoms with Crippen LogP contribution in [-0.2, 0) is 14.8 Å². The number of hydrogen-bond donors (Lipinski definition) is 1. The van der Waals surface area contributed by atoms with Gasteiger partial charge in [-0.1, -0.05) is 0 Å². The first-order chi connectivity index (χ1) is 13.8. The molecule has 0 unspecified atom stereocenters. The van der Waals surface area contributed by atoms with Gasteiger partial charge in [0.05, 0.1) is 24.8 Å². The van der Waals surface area contributed by atoms with Crippen molar-refractivity contribution in [1.82, 2.24) is 4.31 Å². The second-order valence-corrected chi connectivity index (χ2v) is 8.57. The molecule has 1 amide bonds. The van der Waals surface area contributed by atoms with Crippen LogP contribution in [0.25, 0.3) is 0 Å². The van der Waals surface area contributed by atoms with E-state index >= 15 is 0 Å². The summed E-state index contributed by atoms with van der Waals surface area (Å²) in [6, 6.07) is 11.8. The van der Waals surface area contributed by atoms with Crippen molar-refractivity contribution in [3.8, 4) is 11.5 Å². The number of rotatable bonds is 6. The van der Waals surface area contributed by atoms with Crippen molar-refractivity contribution in [3.63, 3.8) is 0 Å². The molecule has 2 aromatic carbocycles. The lowest BCUT2D eigenvalue weighted by atomic mass is 10.2. The maximum Gasteiger partial charge on any atom is 0.243 e. The predicted octanol–water partition coefficient (Wildman–Crippen LogP) is 2.17. The van der Waals surface area contributed by atoms with Crippen LogP contribution >= 0.6 is 0 Å². The Hall–Kier alpha value is -2.78. The zero-order valence-corrected chi connectivity index (χ0v) is 17.5. The molecule has 0 radical (unpaired) electrons. The second-order valence-electron chi connectivity index (χ2n) is 6.63. The number of nitrogens with one attached hydrogen (secondary N) is 1. The maximum atomic E-state index is 12.9. The van der Waals surface area contributed by atoms with E-state index in [1.54, 1.807) is 26.4 Å². The number of nitrogens with zero attached hydrogens (tertiary/aromatic N) is 2. The normalized spacial score (nSPS) is 15.1. The summed E-state index contributed by atoms with van der Waals surface area (Å²) >= 11 is 0. The van der Waals surface area contributed by atoms with Crippen LogP contribution in [0.15, 0.2) is 47.4 Å². The number of benzene rings is 2. The fourth-order valence-corrected chi connectivity index (χ4v) is 4.70. The number of anilines is 2. The first-order valence-corrected chi connectivity index (χ1v) is 10.6. The van der Waals surface area contributed by atoms with Gasteiger partial charge in [0.15, 0.2) is 0 Å². The van der Waals surface area contributed by atoms with Gasteiger partial charge >= 0.3 is 0 Å². The van der Waals surface area contributed by atoms with Gasteiger partial charge in [-0.15, -0.1) is 0 Å². The summed E-state index contributed by atoms with van der Waals surface area (Å²) in [6.07, 6.45) is 0. The molecule has 1 saturated heterocycles. The van der Waals surface area contributed by atoms with E-state index in [2.05, 4.69) is 10.2 Å². The third-order valence-electron chi connectivity index (χ3n) is 4.78. The van der Waals surface area contributed by atoms with Crippen LogP contribution in [-0.4, -0.2) is 59.0 Å². The highest BCUT2D eigenvalue weighted by Crippen LogP contribution is 2.33. The summed E-state index contributed by atoms with van der Waals surface area (Å²) in [5.41, 5.74) is 1.47. The Morgan fingerprint density at radius 3 is 2.17 bits per heavy atom. The van der Waals surface area contributed by atoms with Gasteiger partial charge in [-0.2, -0.15) is 4.31 Å². The van der Waals surface area contributed by atoms with Crippen molar-refractivity contribution in [2.45, 2.75) is 11.8 Å². The molecule has 1 fully saturated rings. The van der Waals surface area contributed by atoms with Crippen LogP contribution in [0.1, 0.15) is 6.92 Å². The van der Waals surface area contributed by atoms with Gasteiger partial charge in [0.25, 0.3) is 0 Å². The minimum absolute atomic E-state index is 0.203. The molecule has 1 aliphatic heterocycles. The number of amides is 1. The van der Waals surface area contributed by atoms with Crippen molar-refractivity contribution in [2.75, 3.05) is 50.6 Å². The van der Waals surface area contributed by atoms with E-state index < -0.39 is 10.0 Å². The molecule has 2 aromatic rings. The second kappa shape index (κ2) is 8.71. The van der Waals surface area contributed by atoms with E-state index in [1.807, 2.05) is 18.2 Å². The third kappa shape index (κ3) is 4.63. The minimum atomic E-state index is -3.60. The molecule has 0 saturated carbocycles. The molecule has 0 aromatic heterocycles. The van der Waals surface area contributed by atoms with Crippen LogP contribution < -0.4 is 19.7 Å². The molecular weight excluding hydrogens is 394 g/mol. The highest BCUT2D eigenvalue weighted by molar-refractivity contribution is 7.89. The summed E-state index contributed by atoms with van der Waals surface area (Å²) < 4.78 is 38.1. The zero-order valence-electron chi connectivity index (χ0n) is 16.7. The number of hydrogen-bond acceptors (Lipinski definition) is 6. The number of sulfonamides is 1. The summed E-state index contributed by atoms with van der Waals surface area (Å²) in [7, 11) is -0.398. The number of carbonyl (C=O) groups excluding carboxylic acids is 1. The number of ether oxygens (including phenoxy) is 2. The van der Waals surface area contributed by atoms with Crippen molar-refractivity contribution in [3.05, 3.63) is 42.5 Å². The lowest BCUT2D eigenvalue weighted by Gasteiger charge is -2.36. The molecular formula is C20H25N3O5S. The molecule has 0 spiro atoms. The van der Waals surface area contributed by atoms with Gasteiger partial charge < -0.3 is 19.7 Å². The molecule has 1 aliphatic rings. The Morgan fingerprint density at radius 2 is 1.62 bits per heavy atom. The lowest BCUT2D eigenvalue weighted by Crippen LogP contribution is -2.48. The molecule has 0 aliphatic carbocycles. The summed E-state index contributed by atoms with van der Waals surface area (Å²) in [5.74, 6) is 1.19. The largest absolute Gasteiger partial charge is 0.497 e. The van der Waals surface area contributed by atoms with Crippen LogP contribution in [0.4, 0.5) is 11.4 Å². The minimum Gasteiger partial charge on any atom is -0.497 e. The maximum absolute atomic E-state index is 12.9. The van der Waals surface area contributed by atoms with E-state index in [1.165, 1.54) is 23.4 Å². The van der Waals surface area contributed by atoms with Crippen molar-refractivity contribution < 1.29 is 22.7 Å². The Labute approximate surface area is 171 Å². The number of piperazine rings is 1. The van der Waals surface area contributed by atoms with Crippen molar-refractivity contribution in [2.24, 2.45) is 0 Å². The summed E-state index contributed by atoms with van der Waals surface area (Å²) in [4.78, 5) is 13.4. The van der Waals surface area contributed by atoms with Gasteiger partial charge in [0.1, 0.15) is 11.5 Å². The molecule has 9 heteroatoms. The fourth-order valence-electron chi connectivity index (χ4n) is 3.28. The van der Waals surface area contributed by atoms with Crippen LogP contribution in [0.3, 0.4) is 0 Å². The van der Waals surface area contributed by atoms with Crippen LogP contribution in [0.5, 0.6) is 11.5 Å². The lowest BCUT2D eigenvalue weighted by molar-refractivity contribution is -0.114. The van der Waals surface area contributed by atoms with Gasteiger partial charge in [-0.05, 0) is 36.4 Å². The summed E-state index contributed by atoms with van der Waals surface area (Å²) in [5, 5.41) is 2.63. The van der Waals surface area contributed by atoms with E-state index in [0.29, 0.717) is 43.4 Å². The zero-order chi connectivity index (χ0) is 21.0. The fraction of sp³-hybridized carbons (Fsp3) is 0.350. The Balaban J connectivity index is 1.70. The molecule has 1 heterocycles. The number of carbonyl (C=O) groups is 1. The van der Waals surface area contributed by atoms with E-state index in [-0.39, 0.29) is 10.8 Å². The van der Waals surface area contributed by atoms with Crippen molar-refractivity contribution >= 4 is 27.3 Å². The Kier molecular flexibility index (Phi) is 6.29. The van der Waals surface area contributed by atoms with Crippen LogP contribution in [0.2, 0.25) is 0 Å². The molecule has 1 N–H and O–H groups in total. The standard InChI is InChI=1S/C20H25N3O5S/c1-15(24)21-16-4-7-18(8-5-16)29(25,26)23-12-10-22(11-13-23)19-9-6-17(27-2)14-20(19)28-3/h4-9,14H,10-13H2,1-3H3,(H,21,24). The van der Waals surface area contributed by atoms with Gasteiger partial charge in [0.2, 0.25) is 15.9 Å². The quantitative estimate of drug-likeness (QED) is 0.772. The first-order valence-electron chi connectivity index (χ1n) is 9.20. The van der Waals surface area contributed by atoms with Crippen molar-refractivity contribution in [1.29, 1.82) is 0 Å². The summed E-state index contributed by atoms with van der Waals surface area (Å²) in [6.45, 7) is 3.23.